The number of hydrogen-bond donors (Lipinski definition) is 1. The number of carbonyl (C=O) groups excluding carboxylic acids is 1. The molecular weight excluding hydrogens is 476 g/mol. The van der Waals surface area contributed by atoms with E-state index in [1.807, 2.05) is 46.5 Å². The highest BCUT2D eigenvalue weighted by molar-refractivity contribution is 6.08. The number of rotatable bonds is 7. The van der Waals surface area contributed by atoms with Crippen LogP contribution < -0.4 is 5.32 Å². The van der Waals surface area contributed by atoms with Crippen LogP contribution in [0.15, 0.2) is 55.2 Å². The average Bonchev–Trinajstić information content (AvgIpc) is 3.55. The number of carbonyl (C=O) groups is 1. The number of imidazole rings is 1. The lowest BCUT2D eigenvalue weighted by Crippen LogP contribution is -2.44. The third-order valence-electron chi connectivity index (χ3n) is 8.11. The van der Waals surface area contributed by atoms with Crippen LogP contribution in [0.1, 0.15) is 65.8 Å². The van der Waals surface area contributed by atoms with Crippen molar-refractivity contribution in [3.05, 3.63) is 77.8 Å². The number of hydrogen-bond acceptors (Lipinski definition) is 6. The number of benzene rings is 1. The number of fused-ring (bicyclic) bond motifs is 1. The van der Waals surface area contributed by atoms with Gasteiger partial charge >= 0.3 is 0 Å². The normalized spacial score (nSPS) is 21.6. The number of aryl methyl sites for hydroxylation is 1. The Bertz CT molecular complexity index is 1500. The van der Waals surface area contributed by atoms with Gasteiger partial charge in [0, 0.05) is 44.3 Å². The summed E-state index contributed by atoms with van der Waals surface area (Å²) >= 11 is 0. The highest BCUT2D eigenvalue weighted by Crippen LogP contribution is 2.53. The average molecular weight is 509 g/mol. The predicted octanol–water partition coefficient (Wildman–Crippen LogP) is 4.31. The van der Waals surface area contributed by atoms with Crippen molar-refractivity contribution in [2.75, 3.05) is 18.4 Å². The summed E-state index contributed by atoms with van der Waals surface area (Å²) in [4.78, 5) is 20.5. The van der Waals surface area contributed by atoms with Crippen molar-refractivity contribution in [1.82, 2.24) is 29.0 Å². The summed E-state index contributed by atoms with van der Waals surface area (Å²) in [6, 6.07) is 12.3. The summed E-state index contributed by atoms with van der Waals surface area (Å²) in [6.45, 7) is 3.02. The van der Waals surface area contributed by atoms with E-state index in [0.717, 1.165) is 55.1 Å². The molecule has 3 aromatic heterocycles. The Morgan fingerprint density at radius 3 is 2.82 bits per heavy atom. The third kappa shape index (κ3) is 4.45. The first-order chi connectivity index (χ1) is 18.6. The smallest absolute Gasteiger partial charge is 0.259 e. The van der Waals surface area contributed by atoms with E-state index in [1.54, 1.807) is 12.5 Å². The minimum absolute atomic E-state index is 0.178. The van der Waals surface area contributed by atoms with Gasteiger partial charge in [0.2, 0.25) is 0 Å². The lowest BCUT2D eigenvalue weighted by atomic mass is 9.57. The topological polar surface area (TPSA) is 104 Å². The molecule has 4 aromatic rings. The molecule has 1 saturated carbocycles. The van der Waals surface area contributed by atoms with Gasteiger partial charge in [0.05, 0.1) is 17.0 Å². The van der Waals surface area contributed by atoms with Gasteiger partial charge in [-0.25, -0.2) is 4.98 Å². The van der Waals surface area contributed by atoms with Gasteiger partial charge in [-0.1, -0.05) is 18.6 Å². The Hall–Kier alpha value is -4.03. The number of piperidine rings is 1. The van der Waals surface area contributed by atoms with Crippen molar-refractivity contribution in [2.45, 2.75) is 50.5 Å². The lowest BCUT2D eigenvalue weighted by Gasteiger charge is -2.46. The van der Waals surface area contributed by atoms with E-state index < -0.39 is 0 Å². The molecule has 194 valence electrons. The predicted molar refractivity (Wildman–Crippen MR) is 143 cm³/mol. The van der Waals surface area contributed by atoms with Gasteiger partial charge in [-0.3, -0.25) is 9.69 Å². The van der Waals surface area contributed by atoms with Gasteiger partial charge in [0.15, 0.2) is 0 Å². The van der Waals surface area contributed by atoms with Crippen LogP contribution in [0.5, 0.6) is 0 Å². The highest BCUT2D eigenvalue weighted by Gasteiger charge is 2.49. The number of nitrogens with one attached hydrogen (secondary N) is 1. The molecule has 1 saturated heterocycles. The molecule has 1 aliphatic carbocycles. The van der Waals surface area contributed by atoms with Crippen molar-refractivity contribution < 1.29 is 4.79 Å². The van der Waals surface area contributed by atoms with E-state index in [4.69, 9.17) is 0 Å². The molecule has 0 atom stereocenters. The summed E-state index contributed by atoms with van der Waals surface area (Å²) in [6.07, 6.45) is 13.4. The molecule has 1 aliphatic heterocycles. The van der Waals surface area contributed by atoms with Gasteiger partial charge in [0.25, 0.3) is 5.91 Å². The van der Waals surface area contributed by atoms with Crippen molar-refractivity contribution >= 4 is 17.2 Å². The second-order valence-corrected chi connectivity index (χ2v) is 10.8. The number of nitriles is 1. The first-order valence-electron chi connectivity index (χ1n) is 13.4. The Morgan fingerprint density at radius 1 is 1.21 bits per heavy atom. The highest BCUT2D eigenvalue weighted by atomic mass is 16.1. The SMILES string of the molecule is Cn1cnnc1C1(c2cccc(NC(=O)c3cc(CN4CCCCC4)cn4ccnc34)c2)CC(CC#N)C1. The number of pyridine rings is 1. The Morgan fingerprint density at radius 2 is 2.05 bits per heavy atom. The molecule has 0 radical (unpaired) electrons. The van der Waals surface area contributed by atoms with E-state index >= 15 is 0 Å². The molecule has 1 amide bonds. The standard InChI is InChI=1S/C29H32N8O/c1-35-20-32-34-28(35)29(16-21(17-29)8-9-30)23-6-5-7-24(15-23)33-27(38)25-14-22(18-36-11-3-2-4-12-36)19-37-13-10-31-26(25)37/h5-7,10,13-15,19-21H,2-4,8,11-12,16-18H2,1H3,(H,33,38). The summed E-state index contributed by atoms with van der Waals surface area (Å²) in [5.74, 6) is 1.04. The first kappa shape index (κ1) is 24.3. The fourth-order valence-electron chi connectivity index (χ4n) is 6.28. The summed E-state index contributed by atoms with van der Waals surface area (Å²) in [7, 11) is 1.95. The van der Waals surface area contributed by atoms with Crippen LogP contribution >= 0.6 is 0 Å². The van der Waals surface area contributed by atoms with Crippen LogP contribution in [-0.4, -0.2) is 48.0 Å². The van der Waals surface area contributed by atoms with E-state index in [2.05, 4.69) is 43.7 Å². The second kappa shape index (κ2) is 10.0. The van der Waals surface area contributed by atoms with Crippen LogP contribution in [-0.2, 0) is 19.0 Å². The molecule has 1 N–H and O–H groups in total. The summed E-state index contributed by atoms with van der Waals surface area (Å²) < 4.78 is 3.90. The van der Waals surface area contributed by atoms with E-state index in [1.165, 1.54) is 19.3 Å². The number of nitrogens with zero attached hydrogens (tertiary/aromatic N) is 7. The monoisotopic (exact) mass is 508 g/mol. The maximum Gasteiger partial charge on any atom is 0.259 e. The van der Waals surface area contributed by atoms with Crippen LogP contribution in [0.4, 0.5) is 5.69 Å². The van der Waals surface area contributed by atoms with Crippen LogP contribution in [0.3, 0.4) is 0 Å². The molecule has 38 heavy (non-hydrogen) atoms. The molecular formula is C29H32N8O. The molecule has 0 unspecified atom stereocenters. The minimum Gasteiger partial charge on any atom is -0.322 e. The summed E-state index contributed by atoms with van der Waals surface area (Å²) in [5, 5.41) is 20.9. The van der Waals surface area contributed by atoms with Crippen LogP contribution in [0.2, 0.25) is 0 Å². The fraction of sp³-hybridized carbons (Fsp3) is 0.414. The number of aromatic nitrogens is 5. The third-order valence-corrected chi connectivity index (χ3v) is 8.11. The van der Waals surface area contributed by atoms with Crippen molar-refractivity contribution in [2.24, 2.45) is 13.0 Å². The largest absolute Gasteiger partial charge is 0.322 e. The maximum absolute atomic E-state index is 13.6. The fourth-order valence-corrected chi connectivity index (χ4v) is 6.28. The second-order valence-electron chi connectivity index (χ2n) is 10.8. The molecule has 0 spiro atoms. The van der Waals surface area contributed by atoms with E-state index in [9.17, 15) is 10.1 Å². The van der Waals surface area contributed by atoms with Gasteiger partial charge < -0.3 is 14.3 Å². The zero-order valence-corrected chi connectivity index (χ0v) is 21.7. The zero-order chi connectivity index (χ0) is 26.1. The van der Waals surface area contributed by atoms with Crippen molar-refractivity contribution in [3.63, 3.8) is 0 Å². The van der Waals surface area contributed by atoms with Gasteiger partial charge in [-0.05, 0) is 74.0 Å². The molecule has 0 bridgehead atoms. The van der Waals surface area contributed by atoms with Gasteiger partial charge in [0.1, 0.15) is 17.8 Å². The Balaban J connectivity index is 1.28. The van der Waals surface area contributed by atoms with Crippen molar-refractivity contribution in [1.29, 1.82) is 5.26 Å². The lowest BCUT2D eigenvalue weighted by molar-refractivity contribution is 0.102. The molecule has 2 aliphatic rings. The molecule has 9 nitrogen and oxygen atoms in total. The zero-order valence-electron chi connectivity index (χ0n) is 21.7. The van der Waals surface area contributed by atoms with E-state index in [0.29, 0.717) is 23.5 Å². The van der Waals surface area contributed by atoms with Crippen LogP contribution in [0, 0.1) is 17.2 Å². The molecule has 4 heterocycles. The number of anilines is 1. The van der Waals surface area contributed by atoms with Crippen LogP contribution in [0.25, 0.3) is 5.65 Å². The summed E-state index contributed by atoms with van der Waals surface area (Å²) in [5.41, 5.74) is 3.80. The minimum atomic E-state index is -0.321. The number of amides is 1. The molecule has 6 rings (SSSR count). The van der Waals surface area contributed by atoms with Gasteiger partial charge in [-0.15, -0.1) is 10.2 Å². The first-order valence-corrected chi connectivity index (χ1v) is 13.4. The van der Waals surface area contributed by atoms with Crippen molar-refractivity contribution in [3.8, 4) is 6.07 Å². The molecule has 2 fully saturated rings. The molecule has 1 aromatic carbocycles. The molecule has 9 heteroatoms. The Kier molecular flexibility index (Phi) is 6.42. The quantitative estimate of drug-likeness (QED) is 0.399. The Labute approximate surface area is 222 Å². The van der Waals surface area contributed by atoms with E-state index in [-0.39, 0.29) is 11.3 Å². The van der Waals surface area contributed by atoms with Gasteiger partial charge in [-0.2, -0.15) is 5.26 Å². The number of likely N-dealkylation sites (tertiary alicyclic amines) is 1. The maximum atomic E-state index is 13.6.